The molecule has 0 aliphatic carbocycles. The molecular formula is C25H27Cl2NO5. The van der Waals surface area contributed by atoms with Crippen LogP contribution in [0.4, 0.5) is 4.79 Å². The van der Waals surface area contributed by atoms with Gasteiger partial charge in [-0.25, -0.2) is 14.4 Å². The molecule has 0 N–H and O–H groups in total. The summed E-state index contributed by atoms with van der Waals surface area (Å²) in [5.74, 6) is -0.413. The lowest BCUT2D eigenvalue weighted by molar-refractivity contribution is -0.151. The Balaban J connectivity index is 2.05. The first-order chi connectivity index (χ1) is 15.3. The predicted octanol–water partition coefficient (Wildman–Crippen LogP) is 6.92. The highest BCUT2D eigenvalue weighted by atomic mass is 35.5. The Morgan fingerprint density at radius 1 is 1.09 bits per heavy atom. The molecule has 0 saturated heterocycles. The van der Waals surface area contributed by atoms with Gasteiger partial charge in [0.05, 0.1) is 17.9 Å². The van der Waals surface area contributed by atoms with Gasteiger partial charge in [-0.15, -0.1) is 0 Å². The Morgan fingerprint density at radius 3 is 2.27 bits per heavy atom. The maximum atomic E-state index is 12.7. The summed E-state index contributed by atoms with van der Waals surface area (Å²) in [6.07, 6.45) is 1.14. The second kappa shape index (κ2) is 9.37. The minimum absolute atomic E-state index is 0.183. The van der Waals surface area contributed by atoms with Gasteiger partial charge in [0.15, 0.2) is 0 Å². The van der Waals surface area contributed by atoms with Crippen molar-refractivity contribution in [2.24, 2.45) is 0 Å². The average Bonchev–Trinajstić information content (AvgIpc) is 3.05. The number of rotatable bonds is 4. The van der Waals surface area contributed by atoms with Gasteiger partial charge in [-0.1, -0.05) is 29.3 Å². The molecule has 0 bridgehead atoms. The van der Waals surface area contributed by atoms with E-state index in [9.17, 15) is 9.59 Å². The maximum Gasteiger partial charge on any atom is 0.438 e. The van der Waals surface area contributed by atoms with Gasteiger partial charge < -0.3 is 9.47 Å². The minimum atomic E-state index is -1.03. The van der Waals surface area contributed by atoms with Crippen LogP contribution in [0.3, 0.4) is 0 Å². The smallest absolute Gasteiger partial charge is 0.438 e. The zero-order valence-corrected chi connectivity index (χ0v) is 21.0. The second-order valence-corrected chi connectivity index (χ2v) is 9.78. The number of esters is 1. The fourth-order valence-electron chi connectivity index (χ4n) is 3.46. The maximum absolute atomic E-state index is 12.7. The van der Waals surface area contributed by atoms with Gasteiger partial charge in [0.1, 0.15) is 11.2 Å². The number of carbonyl (C=O) groups is 2. The van der Waals surface area contributed by atoms with E-state index in [1.165, 1.54) is 0 Å². The fourth-order valence-corrected chi connectivity index (χ4v) is 3.99. The van der Waals surface area contributed by atoms with Crippen molar-refractivity contribution in [3.05, 3.63) is 74.8 Å². The number of ether oxygens (including phenoxy) is 2. The van der Waals surface area contributed by atoms with E-state index in [1.807, 2.05) is 27.7 Å². The molecule has 1 unspecified atom stereocenters. The van der Waals surface area contributed by atoms with E-state index in [4.69, 9.17) is 37.5 Å². The highest BCUT2D eigenvalue weighted by molar-refractivity contribution is 6.34. The van der Waals surface area contributed by atoms with Gasteiger partial charge in [0, 0.05) is 15.6 Å². The van der Waals surface area contributed by atoms with E-state index >= 15 is 0 Å². The Kier molecular flexibility index (Phi) is 7.13. The number of nitrogens with zero attached hydrogens (tertiary/aromatic N) is 1. The molecule has 0 fully saturated rings. The number of hydrogen-bond donors (Lipinski definition) is 0. The number of benzene rings is 2. The van der Waals surface area contributed by atoms with Gasteiger partial charge in [-0.2, -0.15) is 5.06 Å². The van der Waals surface area contributed by atoms with Gasteiger partial charge >= 0.3 is 12.1 Å². The summed E-state index contributed by atoms with van der Waals surface area (Å²) in [7, 11) is 0. The Morgan fingerprint density at radius 2 is 1.73 bits per heavy atom. The topological polar surface area (TPSA) is 65.1 Å². The number of hydroxylamine groups is 2. The molecular weight excluding hydrogens is 465 g/mol. The molecule has 1 aliphatic heterocycles. The summed E-state index contributed by atoms with van der Waals surface area (Å²) in [5, 5.41) is 2.01. The van der Waals surface area contributed by atoms with Crippen LogP contribution in [0.1, 0.15) is 61.7 Å². The zero-order chi connectivity index (χ0) is 24.6. The average molecular weight is 492 g/mol. The molecule has 6 nitrogen and oxygen atoms in total. The first-order valence-corrected chi connectivity index (χ1v) is 11.3. The van der Waals surface area contributed by atoms with Gasteiger partial charge in [-0.05, 0) is 89.1 Å². The van der Waals surface area contributed by atoms with Crippen LogP contribution in [0.2, 0.25) is 10.0 Å². The van der Waals surface area contributed by atoms with Crippen molar-refractivity contribution in [1.29, 1.82) is 0 Å². The molecule has 1 amide bonds. The minimum Gasteiger partial charge on any atom is -0.456 e. The summed E-state index contributed by atoms with van der Waals surface area (Å²) < 4.78 is 10.7. The summed E-state index contributed by atoms with van der Waals surface area (Å²) in [6, 6.07) is 10.3. The first kappa shape index (κ1) is 25.1. The second-order valence-electron chi connectivity index (χ2n) is 8.91. The van der Waals surface area contributed by atoms with Crippen LogP contribution in [-0.2, 0) is 19.9 Å². The molecule has 8 heteroatoms. The molecule has 3 rings (SSSR count). The van der Waals surface area contributed by atoms with Crippen LogP contribution >= 0.6 is 23.2 Å². The van der Waals surface area contributed by atoms with Gasteiger partial charge in [-0.3, -0.25) is 0 Å². The largest absolute Gasteiger partial charge is 0.456 e. The van der Waals surface area contributed by atoms with Crippen LogP contribution < -0.4 is 0 Å². The van der Waals surface area contributed by atoms with E-state index in [2.05, 4.69) is 0 Å². The quantitative estimate of drug-likeness (QED) is 0.434. The molecule has 0 aromatic heterocycles. The number of amides is 1. The van der Waals surface area contributed by atoms with Crippen molar-refractivity contribution in [2.45, 2.75) is 52.7 Å². The zero-order valence-electron chi connectivity index (χ0n) is 19.5. The van der Waals surface area contributed by atoms with E-state index < -0.39 is 23.3 Å². The number of aryl methyl sites for hydroxylation is 1. The molecule has 0 radical (unpaired) electrons. The Hall–Kier alpha value is -2.54. The molecule has 0 saturated carbocycles. The molecule has 2 aromatic rings. The van der Waals surface area contributed by atoms with E-state index in [1.54, 1.807) is 56.3 Å². The van der Waals surface area contributed by atoms with Crippen molar-refractivity contribution >= 4 is 41.0 Å². The van der Waals surface area contributed by atoms with Crippen molar-refractivity contribution in [2.75, 3.05) is 6.61 Å². The van der Waals surface area contributed by atoms with Gasteiger partial charge in [0.2, 0.25) is 0 Å². The lowest BCUT2D eigenvalue weighted by atomic mass is 9.94. The lowest BCUT2D eigenvalue weighted by Gasteiger charge is -2.26. The number of carbonyl (C=O) groups excluding carboxylic acids is 2. The van der Waals surface area contributed by atoms with Crippen molar-refractivity contribution < 1.29 is 23.9 Å². The summed E-state index contributed by atoms with van der Waals surface area (Å²) in [6.45, 7) is 11.0. The predicted molar refractivity (Wildman–Crippen MR) is 128 cm³/mol. The monoisotopic (exact) mass is 491 g/mol. The Labute approximate surface area is 204 Å². The highest BCUT2D eigenvalue weighted by Gasteiger charge is 2.41. The fraction of sp³-hybridized carbons (Fsp3) is 0.360. The van der Waals surface area contributed by atoms with Crippen LogP contribution in [0.15, 0.2) is 42.5 Å². The van der Waals surface area contributed by atoms with E-state index in [-0.39, 0.29) is 6.61 Å². The highest BCUT2D eigenvalue weighted by Crippen LogP contribution is 2.42. The van der Waals surface area contributed by atoms with Gasteiger partial charge in [0.25, 0.3) is 0 Å². The van der Waals surface area contributed by atoms with Crippen LogP contribution in [0.5, 0.6) is 0 Å². The summed E-state index contributed by atoms with van der Waals surface area (Å²) in [4.78, 5) is 31.3. The van der Waals surface area contributed by atoms with E-state index in [0.29, 0.717) is 38.0 Å². The summed E-state index contributed by atoms with van der Waals surface area (Å²) >= 11 is 12.4. The van der Waals surface area contributed by atoms with Crippen LogP contribution in [-0.4, -0.2) is 29.3 Å². The van der Waals surface area contributed by atoms with Crippen molar-refractivity contribution in [3.63, 3.8) is 0 Å². The molecule has 1 heterocycles. The van der Waals surface area contributed by atoms with E-state index in [0.717, 1.165) is 5.06 Å². The molecule has 33 heavy (non-hydrogen) atoms. The third-order valence-electron chi connectivity index (χ3n) is 4.92. The first-order valence-electron chi connectivity index (χ1n) is 10.5. The normalized spacial score (nSPS) is 18.2. The lowest BCUT2D eigenvalue weighted by Crippen LogP contribution is -2.32. The number of hydrogen-bond acceptors (Lipinski definition) is 5. The van der Waals surface area contributed by atoms with Crippen molar-refractivity contribution in [1.82, 2.24) is 5.06 Å². The molecule has 2 aromatic carbocycles. The third-order valence-corrected chi connectivity index (χ3v) is 5.36. The molecule has 1 aliphatic rings. The van der Waals surface area contributed by atoms with Crippen LogP contribution in [0, 0.1) is 6.92 Å². The molecule has 1 atom stereocenters. The Bertz CT molecular complexity index is 1100. The summed E-state index contributed by atoms with van der Waals surface area (Å²) in [5.41, 5.74) is 1.33. The SMILES string of the molecule is CCOC(=O)N1OC(C)(c2cc(Cl)cc(Cl)c2)C=C1c1ccc(C(=O)OC(C)(C)C)c(C)c1. The standard InChI is InChI=1S/C25H27Cl2NO5/c1-7-31-23(30)28-21(14-25(6,33-28)17-11-18(26)13-19(27)12-17)16-8-9-20(15(2)10-16)22(29)32-24(3,4)5/h8-14H,7H2,1-6H3. The number of halogens is 2. The molecule has 0 spiro atoms. The third kappa shape index (κ3) is 5.69. The van der Waals surface area contributed by atoms with Crippen LogP contribution in [0.25, 0.3) is 5.70 Å². The van der Waals surface area contributed by atoms with Crippen molar-refractivity contribution in [3.8, 4) is 0 Å². The molecule has 176 valence electrons.